The molecule has 1 aromatic carbocycles. The molecule has 1 heterocycles. The molecule has 2 rings (SSSR count). The molecule has 1 saturated heterocycles. The van der Waals surface area contributed by atoms with E-state index in [1.807, 2.05) is 12.1 Å². The molecule has 1 aliphatic heterocycles. The largest absolute Gasteiger partial charge is 0.329 e. The molecule has 1 fully saturated rings. The lowest BCUT2D eigenvalue weighted by atomic mass is 9.94. The zero-order valence-electron chi connectivity index (χ0n) is 10.4. The Morgan fingerprint density at radius 1 is 1.39 bits per heavy atom. The number of rotatable bonds is 4. The van der Waals surface area contributed by atoms with Crippen LogP contribution in [0.3, 0.4) is 0 Å². The van der Waals surface area contributed by atoms with Crippen molar-refractivity contribution in [3.05, 3.63) is 39.9 Å². The maximum Gasteiger partial charge on any atom is 0.274 e. The van der Waals surface area contributed by atoms with Gasteiger partial charge in [0.15, 0.2) is 0 Å². The monoisotopic (exact) mass is 249 g/mol. The van der Waals surface area contributed by atoms with Crippen LogP contribution in [0.1, 0.15) is 30.9 Å². The van der Waals surface area contributed by atoms with Crippen molar-refractivity contribution < 1.29 is 4.92 Å². The van der Waals surface area contributed by atoms with Gasteiger partial charge in [0.05, 0.1) is 4.92 Å². The summed E-state index contributed by atoms with van der Waals surface area (Å²) in [7, 11) is 0. The van der Waals surface area contributed by atoms with Crippen LogP contribution in [-0.2, 0) is 0 Å². The number of hydrogen-bond acceptors (Lipinski definition) is 4. The number of nitrogens with zero attached hydrogens (tertiary/aromatic N) is 2. The van der Waals surface area contributed by atoms with Crippen LogP contribution in [-0.4, -0.2) is 29.5 Å². The standard InChI is InChI=1S/C13H19N3O2/c14-8-10-15-9-4-3-6-12(15)11-5-1-2-7-13(11)16(17)18/h1-2,5,7,12H,3-4,6,8-10,14H2. The van der Waals surface area contributed by atoms with Crippen molar-refractivity contribution in [3.8, 4) is 0 Å². The minimum Gasteiger partial charge on any atom is -0.329 e. The van der Waals surface area contributed by atoms with Crippen molar-refractivity contribution in [1.82, 2.24) is 4.90 Å². The molecule has 98 valence electrons. The van der Waals surface area contributed by atoms with Gasteiger partial charge in [-0.15, -0.1) is 0 Å². The number of piperidine rings is 1. The van der Waals surface area contributed by atoms with Crippen molar-refractivity contribution in [2.75, 3.05) is 19.6 Å². The summed E-state index contributed by atoms with van der Waals surface area (Å²) >= 11 is 0. The second-order valence-corrected chi connectivity index (χ2v) is 4.65. The van der Waals surface area contributed by atoms with E-state index in [1.165, 1.54) is 0 Å². The van der Waals surface area contributed by atoms with E-state index in [0.29, 0.717) is 6.54 Å². The summed E-state index contributed by atoms with van der Waals surface area (Å²) in [6.07, 6.45) is 3.25. The Bertz CT molecular complexity index is 420. The predicted octanol–water partition coefficient (Wildman–Crippen LogP) is 2.08. The van der Waals surface area contributed by atoms with Gasteiger partial charge in [0.1, 0.15) is 0 Å². The summed E-state index contributed by atoms with van der Waals surface area (Å²) in [5.41, 5.74) is 6.68. The summed E-state index contributed by atoms with van der Waals surface area (Å²) in [6, 6.07) is 7.20. The smallest absolute Gasteiger partial charge is 0.274 e. The van der Waals surface area contributed by atoms with Crippen LogP contribution in [0.5, 0.6) is 0 Å². The third kappa shape index (κ3) is 2.68. The van der Waals surface area contributed by atoms with Crippen LogP contribution in [0, 0.1) is 10.1 Å². The first-order chi connectivity index (χ1) is 8.74. The second-order valence-electron chi connectivity index (χ2n) is 4.65. The predicted molar refractivity (Wildman–Crippen MR) is 70.3 cm³/mol. The second kappa shape index (κ2) is 5.93. The van der Waals surface area contributed by atoms with Crippen LogP contribution in [0.15, 0.2) is 24.3 Å². The van der Waals surface area contributed by atoms with Crippen molar-refractivity contribution in [1.29, 1.82) is 0 Å². The van der Waals surface area contributed by atoms with E-state index in [9.17, 15) is 10.1 Å². The molecule has 0 bridgehead atoms. The number of likely N-dealkylation sites (tertiary alicyclic amines) is 1. The van der Waals surface area contributed by atoms with E-state index in [2.05, 4.69) is 4.90 Å². The highest BCUT2D eigenvalue weighted by Crippen LogP contribution is 2.35. The molecule has 5 nitrogen and oxygen atoms in total. The SMILES string of the molecule is NCCN1CCCCC1c1ccccc1[N+](=O)[O-]. The van der Waals surface area contributed by atoms with Crippen LogP contribution in [0.2, 0.25) is 0 Å². The molecule has 0 saturated carbocycles. The topological polar surface area (TPSA) is 72.4 Å². The summed E-state index contributed by atoms with van der Waals surface area (Å²) < 4.78 is 0. The number of nitro benzene ring substituents is 1. The van der Waals surface area contributed by atoms with Crippen molar-refractivity contribution in [2.24, 2.45) is 5.73 Å². The van der Waals surface area contributed by atoms with Gasteiger partial charge in [-0.25, -0.2) is 0 Å². The fourth-order valence-corrected chi connectivity index (χ4v) is 2.71. The zero-order chi connectivity index (χ0) is 13.0. The summed E-state index contributed by atoms with van der Waals surface area (Å²) in [4.78, 5) is 13.1. The van der Waals surface area contributed by atoms with Crippen LogP contribution in [0.25, 0.3) is 0 Å². The van der Waals surface area contributed by atoms with E-state index in [1.54, 1.807) is 12.1 Å². The summed E-state index contributed by atoms with van der Waals surface area (Å²) in [5, 5.41) is 11.1. The maximum absolute atomic E-state index is 11.1. The van der Waals surface area contributed by atoms with Gasteiger partial charge in [0, 0.05) is 30.8 Å². The Morgan fingerprint density at radius 3 is 2.89 bits per heavy atom. The van der Waals surface area contributed by atoms with Gasteiger partial charge in [0.25, 0.3) is 5.69 Å². The highest BCUT2D eigenvalue weighted by Gasteiger charge is 2.28. The van der Waals surface area contributed by atoms with E-state index in [-0.39, 0.29) is 16.7 Å². The van der Waals surface area contributed by atoms with E-state index in [0.717, 1.165) is 37.9 Å². The molecule has 18 heavy (non-hydrogen) atoms. The molecule has 5 heteroatoms. The highest BCUT2D eigenvalue weighted by molar-refractivity contribution is 5.42. The number of hydrogen-bond donors (Lipinski definition) is 1. The molecule has 0 aliphatic carbocycles. The Labute approximate surface area is 107 Å². The first-order valence-corrected chi connectivity index (χ1v) is 6.41. The molecule has 0 amide bonds. The van der Waals surface area contributed by atoms with Gasteiger partial charge in [-0.05, 0) is 19.4 Å². The van der Waals surface area contributed by atoms with Gasteiger partial charge in [0.2, 0.25) is 0 Å². The highest BCUT2D eigenvalue weighted by atomic mass is 16.6. The van der Waals surface area contributed by atoms with Crippen LogP contribution >= 0.6 is 0 Å². The van der Waals surface area contributed by atoms with Crippen molar-refractivity contribution >= 4 is 5.69 Å². The third-order valence-corrected chi connectivity index (χ3v) is 3.52. The summed E-state index contributed by atoms with van der Waals surface area (Å²) in [6.45, 7) is 2.38. The fraction of sp³-hybridized carbons (Fsp3) is 0.538. The van der Waals surface area contributed by atoms with Gasteiger partial charge in [-0.2, -0.15) is 0 Å². The van der Waals surface area contributed by atoms with E-state index in [4.69, 9.17) is 5.73 Å². The average molecular weight is 249 g/mol. The fourth-order valence-electron chi connectivity index (χ4n) is 2.71. The minimum atomic E-state index is -0.287. The Hall–Kier alpha value is -1.46. The molecule has 1 unspecified atom stereocenters. The lowest BCUT2D eigenvalue weighted by Crippen LogP contribution is -2.37. The van der Waals surface area contributed by atoms with Gasteiger partial charge >= 0.3 is 0 Å². The molecule has 1 aromatic rings. The van der Waals surface area contributed by atoms with Gasteiger partial charge in [-0.1, -0.05) is 24.6 Å². The minimum absolute atomic E-state index is 0.142. The number of nitrogens with two attached hydrogens (primary N) is 1. The molecule has 0 radical (unpaired) electrons. The third-order valence-electron chi connectivity index (χ3n) is 3.52. The lowest BCUT2D eigenvalue weighted by Gasteiger charge is -2.35. The Morgan fingerprint density at radius 2 is 2.17 bits per heavy atom. The van der Waals surface area contributed by atoms with Crippen LogP contribution < -0.4 is 5.73 Å². The number of nitro groups is 1. The molecule has 1 atom stereocenters. The van der Waals surface area contributed by atoms with Gasteiger partial charge < -0.3 is 5.73 Å². The van der Waals surface area contributed by atoms with E-state index >= 15 is 0 Å². The molecule has 0 aromatic heterocycles. The zero-order valence-corrected chi connectivity index (χ0v) is 10.4. The lowest BCUT2D eigenvalue weighted by molar-refractivity contribution is -0.386. The number of benzene rings is 1. The molecular formula is C13H19N3O2. The normalized spacial score (nSPS) is 20.8. The average Bonchev–Trinajstić information content (AvgIpc) is 2.40. The van der Waals surface area contributed by atoms with E-state index < -0.39 is 0 Å². The van der Waals surface area contributed by atoms with Gasteiger partial charge in [-0.3, -0.25) is 15.0 Å². The molecular weight excluding hydrogens is 230 g/mol. The quantitative estimate of drug-likeness (QED) is 0.655. The molecule has 0 spiro atoms. The summed E-state index contributed by atoms with van der Waals surface area (Å²) in [5.74, 6) is 0. The van der Waals surface area contributed by atoms with Crippen molar-refractivity contribution in [3.63, 3.8) is 0 Å². The van der Waals surface area contributed by atoms with Crippen molar-refractivity contribution in [2.45, 2.75) is 25.3 Å². The Kier molecular flexibility index (Phi) is 4.28. The molecule has 1 aliphatic rings. The Balaban J connectivity index is 2.30. The first kappa shape index (κ1) is 13.0. The first-order valence-electron chi connectivity index (χ1n) is 6.41. The maximum atomic E-state index is 11.1. The molecule has 2 N–H and O–H groups in total. The number of para-hydroxylation sites is 1. The van der Waals surface area contributed by atoms with Crippen LogP contribution in [0.4, 0.5) is 5.69 Å².